The first-order chi connectivity index (χ1) is 7.72. The summed E-state index contributed by atoms with van der Waals surface area (Å²) >= 11 is 0. The second-order valence-corrected chi connectivity index (χ2v) is 4.31. The van der Waals surface area contributed by atoms with E-state index in [0.29, 0.717) is 6.04 Å². The smallest absolute Gasteiger partial charge is 0.142 e. The molecule has 2 rings (SSSR count). The van der Waals surface area contributed by atoms with E-state index in [-0.39, 0.29) is 0 Å². The van der Waals surface area contributed by atoms with Crippen LogP contribution in [0.25, 0.3) is 0 Å². The van der Waals surface area contributed by atoms with Crippen molar-refractivity contribution in [2.24, 2.45) is 0 Å². The van der Waals surface area contributed by atoms with Crippen LogP contribution in [0.1, 0.15) is 13.8 Å². The minimum atomic E-state index is 0.555. The maximum absolute atomic E-state index is 5.37. The average molecular weight is 219 g/mol. The molecule has 1 aromatic carbocycles. The van der Waals surface area contributed by atoms with E-state index in [0.717, 1.165) is 24.5 Å². The first kappa shape index (κ1) is 11.3. The van der Waals surface area contributed by atoms with Crippen LogP contribution in [0, 0.1) is 6.67 Å². The lowest BCUT2D eigenvalue weighted by Crippen LogP contribution is -2.26. The van der Waals surface area contributed by atoms with Crippen molar-refractivity contribution in [3.8, 4) is 5.75 Å². The lowest BCUT2D eigenvalue weighted by atomic mass is 10.2. The van der Waals surface area contributed by atoms with Gasteiger partial charge in [-0.2, -0.15) is 0 Å². The van der Waals surface area contributed by atoms with Crippen LogP contribution >= 0.6 is 0 Å². The summed E-state index contributed by atoms with van der Waals surface area (Å²) in [5.41, 5.74) is 1.15. The van der Waals surface area contributed by atoms with Gasteiger partial charge < -0.3 is 9.64 Å². The Labute approximate surface area is 97.6 Å². The molecule has 0 aliphatic carbocycles. The third-order valence-corrected chi connectivity index (χ3v) is 2.94. The van der Waals surface area contributed by atoms with Gasteiger partial charge in [0.05, 0.1) is 12.8 Å². The van der Waals surface area contributed by atoms with Crippen molar-refractivity contribution >= 4 is 5.69 Å². The van der Waals surface area contributed by atoms with E-state index in [1.54, 1.807) is 7.11 Å². The van der Waals surface area contributed by atoms with E-state index < -0.39 is 0 Å². The normalized spacial score (nSPS) is 17.1. The summed E-state index contributed by atoms with van der Waals surface area (Å²) in [6, 6.07) is 8.70. The summed E-state index contributed by atoms with van der Waals surface area (Å²) in [6.45, 7) is 8.71. The molecule has 0 aromatic heterocycles. The Morgan fingerprint density at radius 2 is 1.94 bits per heavy atom. The molecule has 87 valence electrons. The Bertz CT molecular complexity index is 352. The van der Waals surface area contributed by atoms with Crippen molar-refractivity contribution in [2.45, 2.75) is 19.9 Å². The highest BCUT2D eigenvalue weighted by Crippen LogP contribution is 2.31. The van der Waals surface area contributed by atoms with Crippen LogP contribution in [0.5, 0.6) is 5.75 Å². The van der Waals surface area contributed by atoms with Gasteiger partial charge in [0.15, 0.2) is 0 Å². The van der Waals surface area contributed by atoms with Crippen LogP contribution < -0.4 is 9.64 Å². The molecule has 3 heteroatoms. The number of hydrogen-bond donors (Lipinski definition) is 0. The lowest BCUT2D eigenvalue weighted by Gasteiger charge is -2.22. The Balaban J connectivity index is 2.14. The Hall–Kier alpha value is -1.22. The molecule has 1 aromatic rings. The topological polar surface area (TPSA) is 15.7 Å². The minimum Gasteiger partial charge on any atom is -0.495 e. The van der Waals surface area contributed by atoms with Gasteiger partial charge in [-0.05, 0) is 26.0 Å². The fourth-order valence-electron chi connectivity index (χ4n) is 1.96. The van der Waals surface area contributed by atoms with Gasteiger partial charge in [-0.15, -0.1) is 0 Å². The van der Waals surface area contributed by atoms with Gasteiger partial charge in [-0.1, -0.05) is 12.1 Å². The summed E-state index contributed by atoms with van der Waals surface area (Å²) in [6.07, 6.45) is 0. The van der Waals surface area contributed by atoms with Crippen molar-refractivity contribution in [1.29, 1.82) is 0 Å². The molecule has 1 aliphatic rings. The van der Waals surface area contributed by atoms with Crippen molar-refractivity contribution in [1.82, 2.24) is 4.90 Å². The van der Waals surface area contributed by atoms with Crippen molar-refractivity contribution < 1.29 is 4.74 Å². The number of methoxy groups -OCH3 is 1. The highest BCUT2D eigenvalue weighted by atomic mass is 16.5. The van der Waals surface area contributed by atoms with Crippen LogP contribution in [0.4, 0.5) is 5.69 Å². The minimum absolute atomic E-state index is 0.555. The average Bonchev–Trinajstić information content (AvgIpc) is 2.78. The molecular formula is C13H19N2O. The van der Waals surface area contributed by atoms with Gasteiger partial charge in [-0.3, -0.25) is 4.90 Å². The van der Waals surface area contributed by atoms with Gasteiger partial charge in [0.2, 0.25) is 0 Å². The fourth-order valence-corrected chi connectivity index (χ4v) is 1.96. The van der Waals surface area contributed by atoms with E-state index >= 15 is 0 Å². The summed E-state index contributed by atoms with van der Waals surface area (Å²) in [4.78, 5) is 4.59. The van der Waals surface area contributed by atoms with Gasteiger partial charge in [0, 0.05) is 19.1 Å². The first-order valence-electron chi connectivity index (χ1n) is 5.73. The monoisotopic (exact) mass is 219 g/mol. The van der Waals surface area contributed by atoms with Crippen molar-refractivity contribution in [2.75, 3.05) is 25.1 Å². The largest absolute Gasteiger partial charge is 0.495 e. The quantitative estimate of drug-likeness (QED) is 0.776. The molecule has 0 N–H and O–H groups in total. The molecule has 0 amide bonds. The Kier molecular flexibility index (Phi) is 3.34. The molecule has 1 aliphatic heterocycles. The number of nitrogens with zero attached hydrogens (tertiary/aromatic N) is 2. The number of anilines is 1. The lowest BCUT2D eigenvalue weighted by molar-refractivity contribution is 0.320. The number of para-hydroxylation sites is 2. The molecule has 1 radical (unpaired) electrons. The molecule has 0 bridgehead atoms. The number of hydrogen-bond acceptors (Lipinski definition) is 3. The number of benzene rings is 1. The van der Waals surface area contributed by atoms with E-state index in [4.69, 9.17) is 4.74 Å². The standard InChI is InChI=1S/C13H19N2O/c1-11(2)14-8-9-15(10-14)12-6-4-5-7-13(12)16-3/h4-7,10-11H,8-9H2,1-3H3. The molecule has 1 fully saturated rings. The third kappa shape index (κ3) is 2.14. The number of rotatable bonds is 3. The highest BCUT2D eigenvalue weighted by Gasteiger charge is 2.24. The van der Waals surface area contributed by atoms with Gasteiger partial charge in [-0.25, -0.2) is 0 Å². The molecule has 16 heavy (non-hydrogen) atoms. The van der Waals surface area contributed by atoms with Crippen molar-refractivity contribution in [3.63, 3.8) is 0 Å². The molecular weight excluding hydrogens is 200 g/mol. The fraction of sp³-hybridized carbons (Fsp3) is 0.462. The molecule has 3 nitrogen and oxygen atoms in total. The molecule has 0 unspecified atom stereocenters. The van der Waals surface area contributed by atoms with Crippen LogP contribution in [0.15, 0.2) is 24.3 Å². The summed E-state index contributed by atoms with van der Waals surface area (Å²) < 4.78 is 5.37. The zero-order valence-electron chi connectivity index (χ0n) is 10.2. The van der Waals surface area contributed by atoms with E-state index in [1.165, 1.54) is 0 Å². The van der Waals surface area contributed by atoms with E-state index in [2.05, 4.69) is 36.4 Å². The van der Waals surface area contributed by atoms with E-state index in [9.17, 15) is 0 Å². The molecule has 1 saturated heterocycles. The second kappa shape index (κ2) is 4.74. The van der Waals surface area contributed by atoms with Crippen LogP contribution in [0.2, 0.25) is 0 Å². The molecule has 0 atom stereocenters. The predicted octanol–water partition coefficient (Wildman–Crippen LogP) is 2.34. The summed E-state index contributed by atoms with van der Waals surface area (Å²) in [5.74, 6) is 0.935. The molecule has 0 saturated carbocycles. The van der Waals surface area contributed by atoms with Gasteiger partial charge in [0.25, 0.3) is 0 Å². The first-order valence-corrected chi connectivity index (χ1v) is 5.73. The number of ether oxygens (including phenoxy) is 1. The molecule has 1 heterocycles. The van der Waals surface area contributed by atoms with Gasteiger partial charge in [0.1, 0.15) is 12.4 Å². The SMILES string of the molecule is COc1ccccc1N1[CH]N(C(C)C)CC1. The Morgan fingerprint density at radius 3 is 2.56 bits per heavy atom. The summed E-state index contributed by atoms with van der Waals surface area (Å²) in [7, 11) is 1.72. The van der Waals surface area contributed by atoms with Crippen LogP contribution in [-0.2, 0) is 0 Å². The highest BCUT2D eigenvalue weighted by molar-refractivity contribution is 5.60. The van der Waals surface area contributed by atoms with Crippen LogP contribution in [0.3, 0.4) is 0 Å². The van der Waals surface area contributed by atoms with Gasteiger partial charge >= 0.3 is 0 Å². The predicted molar refractivity (Wildman–Crippen MR) is 66.5 cm³/mol. The van der Waals surface area contributed by atoms with Crippen LogP contribution in [-0.4, -0.2) is 31.1 Å². The van der Waals surface area contributed by atoms with Crippen molar-refractivity contribution in [3.05, 3.63) is 30.9 Å². The zero-order valence-corrected chi connectivity index (χ0v) is 10.2. The summed E-state index contributed by atoms with van der Waals surface area (Å²) in [5, 5.41) is 0. The maximum Gasteiger partial charge on any atom is 0.142 e. The Morgan fingerprint density at radius 1 is 1.19 bits per heavy atom. The zero-order chi connectivity index (χ0) is 11.5. The molecule has 0 spiro atoms. The van der Waals surface area contributed by atoms with E-state index in [1.807, 2.05) is 18.2 Å². The third-order valence-electron chi connectivity index (χ3n) is 2.94. The maximum atomic E-state index is 5.37. The second-order valence-electron chi connectivity index (χ2n) is 4.31.